The van der Waals surface area contributed by atoms with Crippen molar-refractivity contribution in [1.29, 1.82) is 0 Å². The van der Waals surface area contributed by atoms with Gasteiger partial charge in [-0.1, -0.05) is 0 Å². The van der Waals surface area contributed by atoms with Crippen molar-refractivity contribution in [2.45, 2.75) is 52.6 Å². The van der Waals surface area contributed by atoms with Crippen LogP contribution in [-0.2, 0) is 0 Å². The molecule has 2 aromatic rings. The number of benzene rings is 2. The molecule has 7 nitrogen and oxygen atoms in total. The van der Waals surface area contributed by atoms with Gasteiger partial charge in [0, 0.05) is 60.2 Å². The number of aromatic hydroxyl groups is 2. The molecule has 3 N–H and O–H groups in total. The van der Waals surface area contributed by atoms with Crippen molar-refractivity contribution < 1.29 is 10.2 Å². The van der Waals surface area contributed by atoms with Crippen molar-refractivity contribution in [2.75, 3.05) is 26.2 Å². The molecule has 2 aromatic carbocycles. The van der Waals surface area contributed by atoms with Crippen LogP contribution in [0.1, 0.15) is 61.1 Å². The van der Waals surface area contributed by atoms with Gasteiger partial charge in [0.1, 0.15) is 11.5 Å². The average molecular weight is 476 g/mol. The molecule has 0 saturated carbocycles. The predicted octanol–water partition coefficient (Wildman–Crippen LogP) is 4.25. The summed E-state index contributed by atoms with van der Waals surface area (Å²) in [7, 11) is 0. The maximum atomic E-state index is 10.8. The maximum Gasteiger partial charge on any atom is 0.133 e. The highest BCUT2D eigenvalue weighted by atomic mass is 16.3. The first-order chi connectivity index (χ1) is 16.5. The smallest absolute Gasteiger partial charge is 0.133 e. The van der Waals surface area contributed by atoms with Gasteiger partial charge in [0.2, 0.25) is 0 Å². The van der Waals surface area contributed by atoms with E-state index in [2.05, 4.69) is 15.3 Å². The molecule has 1 aliphatic rings. The Morgan fingerprint density at radius 3 is 1.34 bits per heavy atom. The van der Waals surface area contributed by atoms with Crippen molar-refractivity contribution in [3.8, 4) is 11.5 Å². The largest absolute Gasteiger partial charge is 0.507 e. The third-order valence-corrected chi connectivity index (χ3v) is 6.47. The Balaban J connectivity index is 2.04. The lowest BCUT2D eigenvalue weighted by atomic mass is 9.83. The van der Waals surface area contributed by atoms with Gasteiger partial charge in [-0.15, -0.1) is 0 Å². The second-order valence-corrected chi connectivity index (χ2v) is 10.0. The van der Waals surface area contributed by atoms with E-state index in [-0.39, 0.29) is 11.5 Å². The third kappa shape index (κ3) is 6.63. The SMILES string of the molecule is Cc1cc2c(O)c(c1)C=NC(C)(C)C(C)(C)N=Cc1cc(C)cc(c1O)C=NCCNCCN=C2. The second kappa shape index (κ2) is 11.0. The summed E-state index contributed by atoms with van der Waals surface area (Å²) in [6.45, 7) is 14.6. The highest BCUT2D eigenvalue weighted by molar-refractivity contribution is 5.93. The molecule has 35 heavy (non-hydrogen) atoms. The van der Waals surface area contributed by atoms with Crippen LogP contribution in [0, 0.1) is 13.8 Å². The fourth-order valence-corrected chi connectivity index (χ4v) is 3.58. The molecule has 3 rings (SSSR count). The summed E-state index contributed by atoms with van der Waals surface area (Å²) < 4.78 is 0. The fourth-order valence-electron chi connectivity index (χ4n) is 3.58. The first kappa shape index (κ1) is 26.3. The lowest BCUT2D eigenvalue weighted by Crippen LogP contribution is -2.42. The minimum absolute atomic E-state index is 0.158. The Morgan fingerprint density at radius 2 is 0.971 bits per heavy atom. The lowest BCUT2D eigenvalue weighted by molar-refractivity contribution is 0.317. The van der Waals surface area contributed by atoms with Crippen LogP contribution in [0.15, 0.2) is 44.2 Å². The van der Waals surface area contributed by atoms with Gasteiger partial charge in [-0.2, -0.15) is 0 Å². The molecular weight excluding hydrogens is 438 g/mol. The standard InChI is InChI=1S/C28H37N5O2/c1-19-11-21-15-30-9-7-29-8-10-31-16-22-12-20(2)14-24(26(22)35)18-33-28(5,6)27(3,4)32-17-23(13-19)25(21)34/h11-18,29,34-35H,7-10H2,1-6H3. The summed E-state index contributed by atoms with van der Waals surface area (Å²) in [4.78, 5) is 18.6. The Morgan fingerprint density at radius 1 is 0.629 bits per heavy atom. The molecule has 186 valence electrons. The van der Waals surface area contributed by atoms with Gasteiger partial charge in [-0.25, -0.2) is 0 Å². The monoisotopic (exact) mass is 475 g/mol. The normalized spacial score (nSPS) is 18.2. The van der Waals surface area contributed by atoms with Crippen LogP contribution >= 0.6 is 0 Å². The number of nitrogens with zero attached hydrogens (tertiary/aromatic N) is 4. The molecule has 0 atom stereocenters. The van der Waals surface area contributed by atoms with Crippen LogP contribution < -0.4 is 5.32 Å². The van der Waals surface area contributed by atoms with Crippen molar-refractivity contribution in [3.63, 3.8) is 0 Å². The van der Waals surface area contributed by atoms with Gasteiger partial charge < -0.3 is 15.5 Å². The number of nitrogens with one attached hydrogen (secondary N) is 1. The fraction of sp³-hybridized carbons (Fsp3) is 0.429. The zero-order chi connectivity index (χ0) is 25.6. The van der Waals surface area contributed by atoms with Crippen LogP contribution in [0.2, 0.25) is 0 Å². The maximum absolute atomic E-state index is 10.8. The highest BCUT2D eigenvalue weighted by Crippen LogP contribution is 2.31. The Hall–Kier alpha value is -3.32. The number of phenols is 2. The van der Waals surface area contributed by atoms with Gasteiger partial charge in [0.25, 0.3) is 0 Å². The molecule has 0 amide bonds. The molecule has 4 bridgehead atoms. The zero-order valence-corrected chi connectivity index (χ0v) is 21.6. The molecule has 0 radical (unpaired) electrons. The van der Waals surface area contributed by atoms with Gasteiger partial charge >= 0.3 is 0 Å². The third-order valence-electron chi connectivity index (χ3n) is 6.47. The van der Waals surface area contributed by atoms with Gasteiger partial charge in [-0.3, -0.25) is 20.0 Å². The molecule has 0 fully saturated rings. The van der Waals surface area contributed by atoms with Crippen LogP contribution in [0.5, 0.6) is 11.5 Å². The average Bonchev–Trinajstić information content (AvgIpc) is 2.79. The van der Waals surface area contributed by atoms with E-state index in [9.17, 15) is 10.2 Å². The molecule has 0 spiro atoms. The van der Waals surface area contributed by atoms with E-state index in [4.69, 9.17) is 9.98 Å². The van der Waals surface area contributed by atoms with E-state index in [0.717, 1.165) is 11.1 Å². The van der Waals surface area contributed by atoms with Crippen LogP contribution in [0.3, 0.4) is 0 Å². The van der Waals surface area contributed by atoms with Gasteiger partial charge in [0.05, 0.1) is 24.2 Å². The van der Waals surface area contributed by atoms with E-state index in [1.807, 2.05) is 65.8 Å². The summed E-state index contributed by atoms with van der Waals surface area (Å²) in [6.07, 6.45) is 6.83. The lowest BCUT2D eigenvalue weighted by Gasteiger charge is -2.35. The Kier molecular flexibility index (Phi) is 8.22. The molecule has 7 heteroatoms. The van der Waals surface area contributed by atoms with Crippen LogP contribution in [0.25, 0.3) is 0 Å². The number of fused-ring (bicyclic) bond motifs is 4. The van der Waals surface area contributed by atoms with E-state index < -0.39 is 11.1 Å². The summed E-state index contributed by atoms with van der Waals surface area (Å²) in [5, 5.41) is 25.0. The van der Waals surface area contributed by atoms with Crippen LogP contribution in [-0.4, -0.2) is 72.3 Å². The quantitative estimate of drug-likeness (QED) is 0.531. The van der Waals surface area contributed by atoms with E-state index in [1.165, 1.54) is 0 Å². The topological polar surface area (TPSA) is 102 Å². The Bertz CT molecular complexity index is 1080. The second-order valence-electron chi connectivity index (χ2n) is 10.0. The molecule has 1 aliphatic heterocycles. The van der Waals surface area contributed by atoms with Crippen LogP contribution in [0.4, 0.5) is 0 Å². The molecular formula is C28H37N5O2. The molecule has 0 saturated heterocycles. The molecule has 0 unspecified atom stereocenters. The van der Waals surface area contributed by atoms with E-state index >= 15 is 0 Å². The van der Waals surface area contributed by atoms with E-state index in [1.54, 1.807) is 24.9 Å². The molecule has 0 aliphatic carbocycles. The predicted molar refractivity (Wildman–Crippen MR) is 147 cm³/mol. The highest BCUT2D eigenvalue weighted by Gasteiger charge is 2.36. The van der Waals surface area contributed by atoms with Crippen molar-refractivity contribution in [3.05, 3.63) is 57.6 Å². The minimum Gasteiger partial charge on any atom is -0.507 e. The minimum atomic E-state index is -0.595. The summed E-state index contributed by atoms with van der Waals surface area (Å²) >= 11 is 0. The number of hydrogen-bond donors (Lipinski definition) is 3. The number of phenolic OH excluding ortho intramolecular Hbond substituents is 2. The van der Waals surface area contributed by atoms with Crippen molar-refractivity contribution >= 4 is 24.9 Å². The molecule has 0 aromatic heterocycles. The Labute approximate surface area is 208 Å². The zero-order valence-electron chi connectivity index (χ0n) is 21.6. The number of hydrogen-bond acceptors (Lipinski definition) is 7. The number of rotatable bonds is 0. The van der Waals surface area contributed by atoms with Gasteiger partial charge in [-0.05, 0) is 76.9 Å². The first-order valence-corrected chi connectivity index (χ1v) is 12.0. The molecule has 1 heterocycles. The summed E-state index contributed by atoms with van der Waals surface area (Å²) in [5.41, 5.74) is 3.46. The summed E-state index contributed by atoms with van der Waals surface area (Å²) in [6, 6.07) is 7.64. The van der Waals surface area contributed by atoms with Crippen molar-refractivity contribution in [1.82, 2.24) is 5.32 Å². The summed E-state index contributed by atoms with van der Waals surface area (Å²) in [5.74, 6) is 0.316. The van der Waals surface area contributed by atoms with Gasteiger partial charge in [0.15, 0.2) is 0 Å². The van der Waals surface area contributed by atoms with E-state index in [0.29, 0.717) is 48.4 Å². The van der Waals surface area contributed by atoms with Crippen molar-refractivity contribution in [2.24, 2.45) is 20.0 Å². The number of aryl methyl sites for hydroxylation is 2. The first-order valence-electron chi connectivity index (χ1n) is 12.0. The number of aliphatic imine (C=N–C) groups is 4.